The highest BCUT2D eigenvalue weighted by Gasteiger charge is 2.08. The van der Waals surface area contributed by atoms with Crippen molar-refractivity contribution in [2.24, 2.45) is 0 Å². The van der Waals surface area contributed by atoms with Crippen molar-refractivity contribution in [2.45, 2.75) is 13.5 Å². The minimum Gasteiger partial charge on any atom is -0.465 e. The minimum atomic E-state index is -0.530. The Morgan fingerprint density at radius 2 is 1.95 bits per heavy atom. The number of nitrogens with zero attached hydrogens (tertiary/aromatic N) is 1. The molecule has 1 aromatic heterocycles. The second-order valence-electron chi connectivity index (χ2n) is 4.41. The van der Waals surface area contributed by atoms with Gasteiger partial charge < -0.3 is 18.7 Å². The lowest BCUT2D eigenvalue weighted by Crippen LogP contribution is -2.14. The van der Waals surface area contributed by atoms with Crippen LogP contribution in [0.15, 0.2) is 34.9 Å². The Morgan fingerprint density at radius 1 is 1.23 bits per heavy atom. The average molecular weight is 305 g/mol. The summed E-state index contributed by atoms with van der Waals surface area (Å²) in [5.74, 6) is -0.122. The number of carbonyl (C=O) groups is 2. The first-order valence-electron chi connectivity index (χ1n) is 6.47. The lowest BCUT2D eigenvalue weighted by molar-refractivity contribution is -0.147. The van der Waals surface area contributed by atoms with Gasteiger partial charge in [-0.15, -0.1) is 0 Å². The van der Waals surface area contributed by atoms with Gasteiger partial charge in [0.15, 0.2) is 6.61 Å². The lowest BCUT2D eigenvalue weighted by atomic mass is 10.1. The quantitative estimate of drug-likeness (QED) is 0.753. The van der Waals surface area contributed by atoms with Crippen LogP contribution in [0.3, 0.4) is 0 Å². The van der Waals surface area contributed by atoms with E-state index in [1.807, 2.05) is 0 Å². The summed E-state index contributed by atoms with van der Waals surface area (Å²) in [7, 11) is 1.31. The normalized spacial score (nSPS) is 10.1. The monoisotopic (exact) mass is 305 g/mol. The summed E-state index contributed by atoms with van der Waals surface area (Å²) >= 11 is 0. The van der Waals surface area contributed by atoms with Crippen LogP contribution < -0.4 is 4.74 Å². The predicted molar refractivity (Wildman–Crippen MR) is 74.3 cm³/mol. The smallest absolute Gasteiger partial charge is 0.344 e. The molecular weight excluding hydrogens is 290 g/mol. The van der Waals surface area contributed by atoms with E-state index >= 15 is 0 Å². The largest absolute Gasteiger partial charge is 0.465 e. The Labute approximate surface area is 126 Å². The van der Waals surface area contributed by atoms with Crippen molar-refractivity contribution in [3.63, 3.8) is 0 Å². The van der Waals surface area contributed by atoms with E-state index in [-0.39, 0.29) is 19.1 Å². The maximum atomic E-state index is 11.5. The van der Waals surface area contributed by atoms with E-state index < -0.39 is 11.9 Å². The molecule has 0 fully saturated rings. The van der Waals surface area contributed by atoms with Gasteiger partial charge in [0.2, 0.25) is 0 Å². The first kappa shape index (κ1) is 15.6. The maximum absolute atomic E-state index is 11.5. The third-order valence-electron chi connectivity index (χ3n) is 2.72. The van der Waals surface area contributed by atoms with Gasteiger partial charge in [0.1, 0.15) is 12.4 Å². The zero-order valence-electron chi connectivity index (χ0n) is 12.2. The van der Waals surface area contributed by atoms with E-state index in [9.17, 15) is 9.59 Å². The number of methoxy groups -OCH3 is 1. The number of hydrogen-bond donors (Lipinski definition) is 0. The second kappa shape index (κ2) is 7.26. The van der Waals surface area contributed by atoms with E-state index in [2.05, 4.69) is 9.89 Å². The molecule has 0 saturated carbocycles. The summed E-state index contributed by atoms with van der Waals surface area (Å²) in [6.45, 7) is 1.55. The van der Waals surface area contributed by atoms with Gasteiger partial charge in [-0.05, 0) is 29.8 Å². The summed E-state index contributed by atoms with van der Waals surface area (Å²) in [6, 6.07) is 8.13. The molecule has 1 aromatic carbocycles. The number of hydrogen-bond acceptors (Lipinski definition) is 7. The number of aromatic nitrogens is 1. The van der Waals surface area contributed by atoms with Crippen LogP contribution >= 0.6 is 0 Å². The summed E-state index contributed by atoms with van der Waals surface area (Å²) in [5, 5.41) is 3.59. The molecule has 2 rings (SSSR count). The molecule has 0 N–H and O–H groups in total. The van der Waals surface area contributed by atoms with Gasteiger partial charge in [0.25, 0.3) is 5.88 Å². The Morgan fingerprint density at radius 3 is 2.55 bits per heavy atom. The van der Waals surface area contributed by atoms with E-state index in [1.54, 1.807) is 37.3 Å². The van der Waals surface area contributed by atoms with Crippen molar-refractivity contribution < 1.29 is 28.3 Å². The fourth-order valence-electron chi connectivity index (χ4n) is 1.60. The molecule has 0 aliphatic heterocycles. The van der Waals surface area contributed by atoms with Gasteiger partial charge in [-0.2, -0.15) is 0 Å². The minimum absolute atomic E-state index is 0.0848. The molecule has 7 heteroatoms. The third kappa shape index (κ3) is 4.34. The second-order valence-corrected chi connectivity index (χ2v) is 4.41. The highest BCUT2D eigenvalue weighted by molar-refractivity contribution is 5.89. The first-order chi connectivity index (χ1) is 10.6. The van der Waals surface area contributed by atoms with Crippen LogP contribution in [0.25, 0.3) is 0 Å². The van der Waals surface area contributed by atoms with Crippen LogP contribution in [0.5, 0.6) is 5.88 Å². The fraction of sp³-hybridized carbons (Fsp3) is 0.267. The first-order valence-corrected chi connectivity index (χ1v) is 6.47. The van der Waals surface area contributed by atoms with E-state index in [0.29, 0.717) is 11.3 Å². The topological polar surface area (TPSA) is 87.9 Å². The van der Waals surface area contributed by atoms with Crippen molar-refractivity contribution in [2.75, 3.05) is 13.7 Å². The molecule has 0 bridgehead atoms. The summed E-state index contributed by atoms with van der Waals surface area (Å²) < 4.78 is 19.5. The molecule has 0 saturated heterocycles. The fourth-order valence-corrected chi connectivity index (χ4v) is 1.60. The number of ether oxygens (including phenoxy) is 3. The summed E-state index contributed by atoms with van der Waals surface area (Å²) in [4.78, 5) is 22.8. The highest BCUT2D eigenvalue weighted by Crippen LogP contribution is 2.10. The van der Waals surface area contributed by atoms with Gasteiger partial charge >= 0.3 is 11.9 Å². The molecule has 0 atom stereocenters. The number of carbonyl (C=O) groups excluding carboxylic acids is 2. The highest BCUT2D eigenvalue weighted by atomic mass is 16.6. The predicted octanol–water partition coefficient (Wildman–Crippen LogP) is 1.89. The Hall–Kier alpha value is -2.83. The average Bonchev–Trinajstić information content (AvgIpc) is 2.96. The molecule has 1 heterocycles. The van der Waals surface area contributed by atoms with Crippen molar-refractivity contribution in [3.8, 4) is 5.88 Å². The van der Waals surface area contributed by atoms with Crippen LogP contribution in [-0.4, -0.2) is 30.8 Å². The molecule has 0 aliphatic rings. The van der Waals surface area contributed by atoms with Crippen LogP contribution in [0, 0.1) is 6.92 Å². The van der Waals surface area contributed by atoms with E-state index in [4.69, 9.17) is 14.0 Å². The number of rotatable bonds is 6. The Bertz CT molecular complexity index is 646. The van der Waals surface area contributed by atoms with Gasteiger partial charge in [0, 0.05) is 6.07 Å². The van der Waals surface area contributed by atoms with E-state index in [0.717, 1.165) is 5.56 Å². The molecule has 2 aromatic rings. The molecule has 22 heavy (non-hydrogen) atoms. The zero-order chi connectivity index (χ0) is 15.9. The molecule has 0 aliphatic carbocycles. The molecule has 0 unspecified atom stereocenters. The standard InChI is InChI=1S/C15H15NO6/c1-10-7-13(16-22-10)20-9-14(17)21-8-11-3-5-12(6-4-11)15(18)19-2/h3-7H,8-9H2,1-2H3. The Kier molecular flexibility index (Phi) is 5.13. The van der Waals surface area contributed by atoms with Crippen molar-refractivity contribution >= 4 is 11.9 Å². The summed E-state index contributed by atoms with van der Waals surface area (Å²) in [6.07, 6.45) is 0. The summed E-state index contributed by atoms with van der Waals surface area (Å²) in [5.41, 5.74) is 1.18. The van der Waals surface area contributed by atoms with Crippen LogP contribution in [0.2, 0.25) is 0 Å². The SMILES string of the molecule is COC(=O)c1ccc(COC(=O)COc2cc(C)on2)cc1. The Balaban J connectivity index is 1.77. The lowest BCUT2D eigenvalue weighted by Gasteiger charge is -2.06. The van der Waals surface area contributed by atoms with E-state index in [1.165, 1.54) is 7.11 Å². The third-order valence-corrected chi connectivity index (χ3v) is 2.72. The molecule has 116 valence electrons. The van der Waals surface area contributed by atoms with Crippen molar-refractivity contribution in [1.29, 1.82) is 0 Å². The number of esters is 2. The van der Waals surface area contributed by atoms with Crippen molar-refractivity contribution in [3.05, 3.63) is 47.2 Å². The van der Waals surface area contributed by atoms with Gasteiger partial charge in [-0.3, -0.25) is 0 Å². The van der Waals surface area contributed by atoms with Crippen LogP contribution in [0.1, 0.15) is 21.7 Å². The molecule has 0 spiro atoms. The van der Waals surface area contributed by atoms with Crippen LogP contribution in [-0.2, 0) is 20.9 Å². The van der Waals surface area contributed by atoms with Gasteiger partial charge in [-0.25, -0.2) is 9.59 Å². The number of benzene rings is 1. The van der Waals surface area contributed by atoms with Gasteiger partial charge in [-0.1, -0.05) is 12.1 Å². The van der Waals surface area contributed by atoms with Crippen LogP contribution in [0.4, 0.5) is 0 Å². The maximum Gasteiger partial charge on any atom is 0.344 e. The molecule has 7 nitrogen and oxygen atoms in total. The molecule has 0 radical (unpaired) electrons. The molecule has 0 amide bonds. The number of aryl methyl sites for hydroxylation is 1. The van der Waals surface area contributed by atoms with Crippen molar-refractivity contribution in [1.82, 2.24) is 5.16 Å². The van der Waals surface area contributed by atoms with Gasteiger partial charge in [0.05, 0.1) is 12.7 Å². The zero-order valence-corrected chi connectivity index (χ0v) is 12.2. The molecular formula is C15H15NO6.